The number of aliphatic hydroxyl groups is 1. The van der Waals surface area contributed by atoms with Crippen molar-refractivity contribution in [1.29, 1.82) is 0 Å². The minimum Gasteiger partial charge on any atom is -0.390 e. The molecule has 3 heteroatoms. The average molecular weight is 158 g/mol. The number of hydrogen-bond donors (Lipinski definition) is 3. The van der Waals surface area contributed by atoms with Gasteiger partial charge in [-0.2, -0.15) is 0 Å². The van der Waals surface area contributed by atoms with Crippen LogP contribution in [0.15, 0.2) is 0 Å². The lowest BCUT2D eigenvalue weighted by Gasteiger charge is -2.39. The van der Waals surface area contributed by atoms with Crippen LogP contribution < -0.4 is 11.1 Å². The molecule has 1 aliphatic rings. The van der Waals surface area contributed by atoms with Crippen molar-refractivity contribution in [3.63, 3.8) is 0 Å². The molecular weight excluding hydrogens is 140 g/mol. The van der Waals surface area contributed by atoms with E-state index in [0.29, 0.717) is 12.5 Å². The highest BCUT2D eigenvalue weighted by Gasteiger charge is 2.34. The van der Waals surface area contributed by atoms with Crippen LogP contribution >= 0.6 is 0 Å². The Hall–Kier alpha value is -0.120. The molecule has 66 valence electrons. The molecule has 0 aromatic heterocycles. The van der Waals surface area contributed by atoms with Crippen molar-refractivity contribution in [2.45, 2.75) is 25.4 Å². The van der Waals surface area contributed by atoms with Crippen LogP contribution in [0.25, 0.3) is 0 Å². The van der Waals surface area contributed by atoms with Crippen molar-refractivity contribution in [2.75, 3.05) is 19.6 Å². The molecule has 1 aliphatic heterocycles. The second-order valence-electron chi connectivity index (χ2n) is 3.60. The predicted molar refractivity (Wildman–Crippen MR) is 45.3 cm³/mol. The molecule has 0 radical (unpaired) electrons. The van der Waals surface area contributed by atoms with E-state index in [4.69, 9.17) is 5.73 Å². The molecule has 0 aromatic carbocycles. The molecule has 1 heterocycles. The quantitative estimate of drug-likeness (QED) is 0.526. The Kier molecular flexibility index (Phi) is 2.87. The zero-order valence-corrected chi connectivity index (χ0v) is 7.14. The third kappa shape index (κ3) is 2.15. The Morgan fingerprint density at radius 2 is 2.27 bits per heavy atom. The zero-order chi connectivity index (χ0) is 8.32. The summed E-state index contributed by atoms with van der Waals surface area (Å²) < 4.78 is 0. The van der Waals surface area contributed by atoms with E-state index in [-0.39, 0.29) is 0 Å². The second kappa shape index (κ2) is 3.52. The molecule has 1 rings (SSSR count). The first-order valence-electron chi connectivity index (χ1n) is 4.30. The van der Waals surface area contributed by atoms with E-state index < -0.39 is 5.60 Å². The van der Waals surface area contributed by atoms with Crippen LogP contribution in [0.1, 0.15) is 19.8 Å². The lowest BCUT2D eigenvalue weighted by molar-refractivity contribution is -0.0305. The topological polar surface area (TPSA) is 58.3 Å². The Balaban J connectivity index is 2.25. The summed E-state index contributed by atoms with van der Waals surface area (Å²) >= 11 is 0. The van der Waals surface area contributed by atoms with Crippen LogP contribution in [0, 0.1) is 5.92 Å². The third-order valence-corrected chi connectivity index (χ3v) is 2.55. The molecular formula is C8H18N2O. The van der Waals surface area contributed by atoms with Gasteiger partial charge in [-0.3, -0.25) is 0 Å². The summed E-state index contributed by atoms with van der Waals surface area (Å²) in [6.45, 7) is 4.50. The molecule has 1 unspecified atom stereocenters. The SMILES string of the molecule is CC(O)(CCCN)C1CNC1. The zero-order valence-electron chi connectivity index (χ0n) is 7.14. The van der Waals surface area contributed by atoms with E-state index in [1.807, 2.05) is 6.92 Å². The van der Waals surface area contributed by atoms with Gasteiger partial charge in [0.1, 0.15) is 0 Å². The van der Waals surface area contributed by atoms with Gasteiger partial charge in [0.25, 0.3) is 0 Å². The van der Waals surface area contributed by atoms with Crippen LogP contribution in [0.4, 0.5) is 0 Å². The fourth-order valence-corrected chi connectivity index (χ4v) is 1.39. The first kappa shape index (κ1) is 8.97. The van der Waals surface area contributed by atoms with Gasteiger partial charge in [0.2, 0.25) is 0 Å². The summed E-state index contributed by atoms with van der Waals surface area (Å²) in [6.07, 6.45) is 1.75. The first-order valence-corrected chi connectivity index (χ1v) is 4.30. The summed E-state index contributed by atoms with van der Waals surface area (Å²) in [4.78, 5) is 0. The largest absolute Gasteiger partial charge is 0.390 e. The van der Waals surface area contributed by atoms with Crippen molar-refractivity contribution >= 4 is 0 Å². The fourth-order valence-electron chi connectivity index (χ4n) is 1.39. The van der Waals surface area contributed by atoms with Gasteiger partial charge in [-0.25, -0.2) is 0 Å². The molecule has 11 heavy (non-hydrogen) atoms. The van der Waals surface area contributed by atoms with E-state index in [1.165, 1.54) is 0 Å². The third-order valence-electron chi connectivity index (χ3n) is 2.55. The highest BCUT2D eigenvalue weighted by Crippen LogP contribution is 2.25. The summed E-state index contributed by atoms with van der Waals surface area (Å²) in [7, 11) is 0. The molecule has 1 saturated heterocycles. The minimum absolute atomic E-state index is 0.439. The number of rotatable bonds is 4. The minimum atomic E-state index is -0.495. The molecule has 0 spiro atoms. The molecule has 0 bridgehead atoms. The monoisotopic (exact) mass is 158 g/mol. The lowest BCUT2D eigenvalue weighted by Crippen LogP contribution is -2.54. The fraction of sp³-hybridized carbons (Fsp3) is 1.00. The molecule has 1 atom stereocenters. The van der Waals surface area contributed by atoms with Gasteiger partial charge in [0.15, 0.2) is 0 Å². The van der Waals surface area contributed by atoms with Crippen LogP contribution in [0.2, 0.25) is 0 Å². The number of nitrogens with one attached hydrogen (secondary N) is 1. The van der Waals surface area contributed by atoms with Crippen LogP contribution in [0.5, 0.6) is 0 Å². The maximum Gasteiger partial charge on any atom is 0.0672 e. The van der Waals surface area contributed by atoms with Gasteiger partial charge in [0, 0.05) is 19.0 Å². The van der Waals surface area contributed by atoms with Crippen LogP contribution in [0.3, 0.4) is 0 Å². The highest BCUT2D eigenvalue weighted by atomic mass is 16.3. The normalized spacial score (nSPS) is 24.3. The van der Waals surface area contributed by atoms with Crippen molar-refractivity contribution in [1.82, 2.24) is 5.32 Å². The van der Waals surface area contributed by atoms with E-state index >= 15 is 0 Å². The van der Waals surface area contributed by atoms with Crippen molar-refractivity contribution in [3.8, 4) is 0 Å². The van der Waals surface area contributed by atoms with Crippen molar-refractivity contribution in [2.24, 2.45) is 11.7 Å². The summed E-state index contributed by atoms with van der Waals surface area (Å²) in [6, 6.07) is 0. The van der Waals surface area contributed by atoms with Gasteiger partial charge in [-0.15, -0.1) is 0 Å². The molecule has 1 fully saturated rings. The van der Waals surface area contributed by atoms with Gasteiger partial charge in [0.05, 0.1) is 5.60 Å². The van der Waals surface area contributed by atoms with E-state index in [1.54, 1.807) is 0 Å². The summed E-state index contributed by atoms with van der Waals surface area (Å²) in [5, 5.41) is 13.0. The molecule has 0 aromatic rings. The first-order chi connectivity index (χ1) is 5.17. The summed E-state index contributed by atoms with van der Waals surface area (Å²) in [5.74, 6) is 0.439. The summed E-state index contributed by atoms with van der Waals surface area (Å²) in [5.41, 5.74) is 4.87. The van der Waals surface area contributed by atoms with Crippen molar-refractivity contribution in [3.05, 3.63) is 0 Å². The van der Waals surface area contributed by atoms with Crippen LogP contribution in [-0.2, 0) is 0 Å². The van der Waals surface area contributed by atoms with E-state index in [2.05, 4.69) is 5.32 Å². The molecule has 4 N–H and O–H groups in total. The standard InChI is InChI=1S/C8H18N2O/c1-8(11,3-2-4-9)7-5-10-6-7/h7,10-11H,2-6,9H2,1H3. The van der Waals surface area contributed by atoms with Crippen LogP contribution in [-0.4, -0.2) is 30.3 Å². The maximum absolute atomic E-state index is 9.87. The number of hydrogen-bond acceptors (Lipinski definition) is 3. The molecule has 0 amide bonds. The van der Waals surface area contributed by atoms with Gasteiger partial charge in [-0.1, -0.05) is 0 Å². The van der Waals surface area contributed by atoms with E-state index in [9.17, 15) is 5.11 Å². The highest BCUT2D eigenvalue weighted by molar-refractivity contribution is 4.90. The van der Waals surface area contributed by atoms with Gasteiger partial charge >= 0.3 is 0 Å². The van der Waals surface area contributed by atoms with Gasteiger partial charge < -0.3 is 16.2 Å². The molecule has 0 saturated carbocycles. The van der Waals surface area contributed by atoms with E-state index in [0.717, 1.165) is 25.9 Å². The second-order valence-corrected chi connectivity index (χ2v) is 3.60. The Morgan fingerprint density at radius 1 is 1.64 bits per heavy atom. The Bertz CT molecular complexity index is 121. The smallest absolute Gasteiger partial charge is 0.0672 e. The lowest BCUT2D eigenvalue weighted by atomic mass is 9.81. The van der Waals surface area contributed by atoms with Crippen molar-refractivity contribution < 1.29 is 5.11 Å². The van der Waals surface area contributed by atoms with Gasteiger partial charge in [-0.05, 0) is 26.3 Å². The molecule has 3 nitrogen and oxygen atoms in total. The maximum atomic E-state index is 9.87. The average Bonchev–Trinajstić information content (AvgIpc) is 1.78. The number of nitrogens with two attached hydrogens (primary N) is 1. The predicted octanol–water partition coefficient (Wildman–Crippen LogP) is -0.304. The Labute approximate surface area is 68.0 Å². The Morgan fingerprint density at radius 3 is 2.64 bits per heavy atom. The molecule has 0 aliphatic carbocycles.